The number of aryl methyl sites for hydroxylation is 1. The average molecular weight is 375 g/mol. The fourth-order valence-corrected chi connectivity index (χ4v) is 4.37. The van der Waals surface area contributed by atoms with E-state index in [1.807, 2.05) is 41.5 Å². The lowest BCUT2D eigenvalue weighted by Gasteiger charge is -2.40. The number of nitrogens with zero attached hydrogens (tertiary/aromatic N) is 2. The van der Waals surface area contributed by atoms with Gasteiger partial charge in [-0.3, -0.25) is 4.79 Å². The van der Waals surface area contributed by atoms with E-state index in [-0.39, 0.29) is 24.6 Å². The van der Waals surface area contributed by atoms with Crippen molar-refractivity contribution >= 4 is 29.1 Å². The quantitative estimate of drug-likeness (QED) is 0.576. The summed E-state index contributed by atoms with van der Waals surface area (Å²) in [6.07, 6.45) is 0.692. The Balaban J connectivity index is 1.89. The molecule has 0 N–H and O–H groups in total. The van der Waals surface area contributed by atoms with E-state index in [1.54, 1.807) is 23.1 Å². The number of rotatable bonds is 5. The van der Waals surface area contributed by atoms with Crippen LogP contribution in [0.25, 0.3) is 0 Å². The van der Waals surface area contributed by atoms with Crippen LogP contribution in [0.2, 0.25) is 0 Å². The second-order valence-electron chi connectivity index (χ2n) is 7.30. The van der Waals surface area contributed by atoms with Gasteiger partial charge in [-0.15, -0.1) is 10.2 Å². The van der Waals surface area contributed by atoms with Crippen molar-refractivity contribution in [1.82, 2.24) is 10.2 Å². The van der Waals surface area contributed by atoms with Gasteiger partial charge in [0.25, 0.3) is 0 Å². The first-order valence-electron chi connectivity index (χ1n) is 8.03. The van der Waals surface area contributed by atoms with Gasteiger partial charge in [-0.2, -0.15) is 0 Å². The summed E-state index contributed by atoms with van der Waals surface area (Å²) in [6.45, 7) is 11.3. The van der Waals surface area contributed by atoms with Gasteiger partial charge in [0, 0.05) is 12.2 Å². The van der Waals surface area contributed by atoms with Crippen LogP contribution in [0, 0.1) is 6.92 Å². The summed E-state index contributed by atoms with van der Waals surface area (Å²) in [5.74, 6) is -0.198. The fourth-order valence-electron chi connectivity index (χ4n) is 2.52. The van der Waals surface area contributed by atoms with Gasteiger partial charge in [0.15, 0.2) is 10.1 Å². The average Bonchev–Trinajstić information content (AvgIpc) is 2.78. The predicted molar refractivity (Wildman–Crippen MR) is 94.3 cm³/mol. The Bertz CT molecular complexity index is 569. The van der Waals surface area contributed by atoms with Crippen LogP contribution in [0.4, 0.5) is 0 Å². The summed E-state index contributed by atoms with van der Waals surface area (Å²) in [4.78, 5) is 12.1. The minimum absolute atomic E-state index is 0.00427. The summed E-state index contributed by atoms with van der Waals surface area (Å²) < 4.78 is 18.2. The Morgan fingerprint density at radius 3 is 2.58 bits per heavy atom. The summed E-state index contributed by atoms with van der Waals surface area (Å²) in [7, 11) is 0. The lowest BCUT2D eigenvalue weighted by Crippen LogP contribution is -2.46. The summed E-state index contributed by atoms with van der Waals surface area (Å²) in [5, 5.41) is 9.09. The molecule has 1 aliphatic heterocycles. The van der Waals surface area contributed by atoms with Gasteiger partial charge in [-0.05, 0) is 41.5 Å². The first kappa shape index (κ1) is 19.6. The second kappa shape index (κ2) is 7.68. The SMILES string of the molecule is Cc1nnc(SCC2CC(CC(=O)OC(C)(C)C)OC(C)(C)O2)s1. The number of carbonyl (C=O) groups is 1. The fraction of sp³-hybridized carbons (Fsp3) is 0.812. The van der Waals surface area contributed by atoms with Crippen molar-refractivity contribution in [3.05, 3.63) is 5.01 Å². The monoisotopic (exact) mass is 374 g/mol. The summed E-state index contributed by atoms with van der Waals surface area (Å²) in [5.41, 5.74) is -0.483. The molecule has 0 radical (unpaired) electrons. The highest BCUT2D eigenvalue weighted by atomic mass is 32.2. The highest BCUT2D eigenvalue weighted by molar-refractivity contribution is 8.01. The van der Waals surface area contributed by atoms with Crippen LogP contribution < -0.4 is 0 Å². The van der Waals surface area contributed by atoms with Gasteiger partial charge < -0.3 is 14.2 Å². The first-order chi connectivity index (χ1) is 11.0. The van der Waals surface area contributed by atoms with Crippen LogP contribution in [0.3, 0.4) is 0 Å². The highest BCUT2D eigenvalue weighted by Crippen LogP contribution is 2.32. The normalized spacial score (nSPS) is 23.9. The number of esters is 1. The van der Waals surface area contributed by atoms with E-state index < -0.39 is 11.4 Å². The molecular formula is C16H26N2O4S2. The zero-order valence-electron chi connectivity index (χ0n) is 15.1. The minimum Gasteiger partial charge on any atom is -0.460 e. The molecule has 1 fully saturated rings. The van der Waals surface area contributed by atoms with Gasteiger partial charge in [-0.25, -0.2) is 0 Å². The molecule has 2 heterocycles. The molecule has 8 heteroatoms. The largest absolute Gasteiger partial charge is 0.460 e. The number of aromatic nitrogens is 2. The first-order valence-corrected chi connectivity index (χ1v) is 9.83. The number of ether oxygens (including phenoxy) is 3. The van der Waals surface area contributed by atoms with Crippen molar-refractivity contribution in [1.29, 1.82) is 0 Å². The standard InChI is InChI=1S/C16H26N2O4S2/c1-10-17-18-14(24-10)23-9-12-7-11(20-16(5,6)21-12)8-13(19)22-15(2,3)4/h11-12H,7-9H2,1-6H3. The maximum absolute atomic E-state index is 12.1. The molecule has 0 aromatic carbocycles. The molecule has 0 saturated carbocycles. The molecule has 0 spiro atoms. The molecule has 1 aliphatic rings. The summed E-state index contributed by atoms with van der Waals surface area (Å²) >= 11 is 3.20. The molecule has 24 heavy (non-hydrogen) atoms. The number of thioether (sulfide) groups is 1. The zero-order valence-corrected chi connectivity index (χ0v) is 16.8. The van der Waals surface area contributed by atoms with E-state index in [4.69, 9.17) is 14.2 Å². The van der Waals surface area contributed by atoms with Crippen LogP contribution in [0.15, 0.2) is 4.34 Å². The predicted octanol–water partition coefficient (Wildman–Crippen LogP) is 3.58. The molecule has 0 aliphatic carbocycles. The van der Waals surface area contributed by atoms with Crippen LogP contribution in [-0.4, -0.2) is 45.5 Å². The molecule has 0 amide bonds. The third-order valence-electron chi connectivity index (χ3n) is 3.14. The van der Waals surface area contributed by atoms with E-state index in [1.165, 1.54) is 0 Å². The lowest BCUT2D eigenvalue weighted by molar-refractivity contribution is -0.295. The smallest absolute Gasteiger partial charge is 0.308 e. The van der Waals surface area contributed by atoms with Gasteiger partial charge in [0.2, 0.25) is 0 Å². The molecular weight excluding hydrogens is 348 g/mol. The van der Waals surface area contributed by atoms with Gasteiger partial charge in [0.1, 0.15) is 10.6 Å². The molecule has 0 bridgehead atoms. The molecule has 2 atom stereocenters. The zero-order chi connectivity index (χ0) is 18.0. The van der Waals surface area contributed by atoms with Crippen molar-refractivity contribution in [2.75, 3.05) is 5.75 Å². The van der Waals surface area contributed by atoms with Crippen LogP contribution in [0.5, 0.6) is 0 Å². The van der Waals surface area contributed by atoms with Gasteiger partial charge in [0.05, 0.1) is 18.6 Å². The topological polar surface area (TPSA) is 70.5 Å². The maximum atomic E-state index is 12.1. The van der Waals surface area contributed by atoms with E-state index >= 15 is 0 Å². The van der Waals surface area contributed by atoms with Gasteiger partial charge >= 0.3 is 5.97 Å². The highest BCUT2D eigenvalue weighted by Gasteiger charge is 2.37. The Hall–Kier alpha value is -0.700. The lowest BCUT2D eigenvalue weighted by atomic mass is 10.1. The third kappa shape index (κ3) is 6.66. The molecule has 1 aromatic heterocycles. The van der Waals surface area contributed by atoms with Crippen LogP contribution in [-0.2, 0) is 19.0 Å². The van der Waals surface area contributed by atoms with E-state index in [0.717, 1.165) is 15.1 Å². The van der Waals surface area contributed by atoms with Gasteiger partial charge in [-0.1, -0.05) is 23.1 Å². The Morgan fingerprint density at radius 2 is 2.00 bits per heavy atom. The van der Waals surface area contributed by atoms with E-state index in [0.29, 0.717) is 6.42 Å². The van der Waals surface area contributed by atoms with E-state index in [9.17, 15) is 4.79 Å². The minimum atomic E-state index is -0.715. The molecule has 2 unspecified atom stereocenters. The maximum Gasteiger partial charge on any atom is 0.308 e. The van der Waals surface area contributed by atoms with Crippen LogP contribution in [0.1, 0.15) is 52.5 Å². The second-order valence-corrected chi connectivity index (χ2v) is 9.75. The summed E-state index contributed by atoms with van der Waals surface area (Å²) in [6, 6.07) is 0. The number of carbonyl (C=O) groups excluding carboxylic acids is 1. The molecule has 6 nitrogen and oxygen atoms in total. The van der Waals surface area contributed by atoms with Crippen molar-refractivity contribution in [2.24, 2.45) is 0 Å². The molecule has 1 aromatic rings. The number of hydrogen-bond donors (Lipinski definition) is 0. The molecule has 136 valence electrons. The van der Waals surface area contributed by atoms with Crippen molar-refractivity contribution in [3.8, 4) is 0 Å². The Labute approximate surface area is 151 Å². The number of hydrogen-bond acceptors (Lipinski definition) is 8. The van der Waals surface area contributed by atoms with Crippen molar-refractivity contribution < 1.29 is 19.0 Å². The van der Waals surface area contributed by atoms with E-state index in [2.05, 4.69) is 10.2 Å². The van der Waals surface area contributed by atoms with Crippen LogP contribution >= 0.6 is 23.1 Å². The molecule has 2 rings (SSSR count). The van der Waals surface area contributed by atoms with Crippen molar-refractivity contribution in [2.45, 2.75) is 82.3 Å². The van der Waals surface area contributed by atoms with Crippen molar-refractivity contribution in [3.63, 3.8) is 0 Å². The molecule has 1 saturated heterocycles. The Morgan fingerprint density at radius 1 is 1.33 bits per heavy atom. The third-order valence-corrected chi connectivity index (χ3v) is 5.25. The Kier molecular flexibility index (Phi) is 6.28.